The van der Waals surface area contributed by atoms with Crippen LogP contribution < -0.4 is 15.8 Å². The summed E-state index contributed by atoms with van der Waals surface area (Å²) in [4.78, 5) is 18.2. The zero-order valence-electron chi connectivity index (χ0n) is 15.8. The smallest absolute Gasteiger partial charge is 0.410 e. The number of anilines is 1. The number of methoxy groups -OCH3 is 1. The molecule has 0 radical (unpaired) electrons. The van der Waals surface area contributed by atoms with Crippen molar-refractivity contribution in [3.63, 3.8) is 0 Å². The summed E-state index contributed by atoms with van der Waals surface area (Å²) in [5.41, 5.74) is 6.31. The summed E-state index contributed by atoms with van der Waals surface area (Å²) >= 11 is 0. The number of benzene rings is 1. The third-order valence-electron chi connectivity index (χ3n) is 3.82. The fourth-order valence-electron chi connectivity index (χ4n) is 2.56. The normalized spacial score (nSPS) is 17.5. The molecule has 1 fully saturated rings. The van der Waals surface area contributed by atoms with Gasteiger partial charge in [-0.15, -0.1) is 24.0 Å². The summed E-state index contributed by atoms with van der Waals surface area (Å²) in [5.74, 6) is 1.44. The van der Waals surface area contributed by atoms with Gasteiger partial charge in [-0.25, -0.2) is 4.79 Å². The van der Waals surface area contributed by atoms with Crippen LogP contribution in [0.4, 0.5) is 10.5 Å². The number of halogens is 1. The molecule has 1 heterocycles. The highest BCUT2D eigenvalue weighted by molar-refractivity contribution is 14.0. The first kappa shape index (κ1) is 22.3. The molecule has 8 heteroatoms. The number of nitrogens with one attached hydrogen (secondary N) is 1. The Morgan fingerprint density at radius 1 is 1.35 bits per heavy atom. The van der Waals surface area contributed by atoms with Crippen molar-refractivity contribution in [3.05, 3.63) is 24.3 Å². The van der Waals surface area contributed by atoms with Gasteiger partial charge in [0.15, 0.2) is 5.96 Å². The molecule has 1 aromatic carbocycles. The van der Waals surface area contributed by atoms with Gasteiger partial charge in [0.2, 0.25) is 0 Å². The van der Waals surface area contributed by atoms with Crippen molar-refractivity contribution in [3.8, 4) is 5.75 Å². The number of nitrogens with zero attached hydrogens (tertiary/aromatic N) is 2. The Kier molecular flexibility index (Phi) is 8.45. The number of ether oxygens (including phenoxy) is 2. The fraction of sp³-hybridized carbons (Fsp3) is 0.556. The van der Waals surface area contributed by atoms with Gasteiger partial charge in [0.05, 0.1) is 7.11 Å². The van der Waals surface area contributed by atoms with E-state index in [1.54, 1.807) is 12.0 Å². The highest BCUT2D eigenvalue weighted by atomic mass is 127. The first-order valence-electron chi connectivity index (χ1n) is 8.46. The number of hydrogen-bond acceptors (Lipinski definition) is 4. The molecule has 0 aromatic heterocycles. The standard InChI is InChI=1S/C18H28N4O3.HI/c1-18(2,3)25-17(23)22-10-9-13(12-22)11-20-16(19)21-14-5-7-15(24-4)8-6-14;/h5-8,13H,9-12H2,1-4H3,(H3,19,20,21);1H. The summed E-state index contributed by atoms with van der Waals surface area (Å²) in [6.07, 6.45) is 0.641. The van der Waals surface area contributed by atoms with Gasteiger partial charge in [-0.3, -0.25) is 4.99 Å². The highest BCUT2D eigenvalue weighted by Crippen LogP contribution is 2.20. The van der Waals surface area contributed by atoms with Gasteiger partial charge < -0.3 is 25.4 Å². The molecule has 1 saturated heterocycles. The zero-order chi connectivity index (χ0) is 18.4. The largest absolute Gasteiger partial charge is 0.497 e. The lowest BCUT2D eigenvalue weighted by Gasteiger charge is -2.24. The van der Waals surface area contributed by atoms with Gasteiger partial charge in [0.25, 0.3) is 0 Å². The maximum absolute atomic E-state index is 12.1. The molecule has 1 unspecified atom stereocenters. The van der Waals surface area contributed by atoms with Crippen molar-refractivity contribution in [1.29, 1.82) is 0 Å². The van der Waals surface area contributed by atoms with E-state index in [-0.39, 0.29) is 30.1 Å². The van der Waals surface area contributed by atoms with Gasteiger partial charge in [-0.05, 0) is 57.4 Å². The van der Waals surface area contributed by atoms with Gasteiger partial charge in [0, 0.05) is 25.3 Å². The molecular formula is C18H29IN4O3. The van der Waals surface area contributed by atoms with E-state index >= 15 is 0 Å². The minimum absolute atomic E-state index is 0. The lowest BCUT2D eigenvalue weighted by atomic mass is 10.1. The fourth-order valence-corrected chi connectivity index (χ4v) is 2.56. The van der Waals surface area contributed by atoms with E-state index in [0.717, 1.165) is 17.9 Å². The summed E-state index contributed by atoms with van der Waals surface area (Å²) in [6.45, 7) is 7.53. The van der Waals surface area contributed by atoms with Crippen LogP contribution in [0, 0.1) is 5.92 Å². The summed E-state index contributed by atoms with van der Waals surface area (Å²) in [6, 6.07) is 7.46. The molecule has 26 heavy (non-hydrogen) atoms. The molecule has 0 saturated carbocycles. The minimum atomic E-state index is -0.472. The molecule has 7 nitrogen and oxygen atoms in total. The summed E-state index contributed by atoms with van der Waals surface area (Å²) < 4.78 is 10.5. The number of likely N-dealkylation sites (tertiary alicyclic amines) is 1. The highest BCUT2D eigenvalue weighted by Gasteiger charge is 2.29. The third kappa shape index (κ3) is 7.27. The molecule has 0 bridgehead atoms. The van der Waals surface area contributed by atoms with Crippen LogP contribution in [0.2, 0.25) is 0 Å². The molecule has 2 rings (SSSR count). The van der Waals surface area contributed by atoms with E-state index in [0.29, 0.717) is 31.5 Å². The average Bonchev–Trinajstić information content (AvgIpc) is 3.01. The number of hydrogen-bond donors (Lipinski definition) is 2. The Bertz CT molecular complexity index is 614. The van der Waals surface area contributed by atoms with Crippen molar-refractivity contribution in [2.45, 2.75) is 32.8 Å². The number of aliphatic imine (C=N–C) groups is 1. The van der Waals surface area contributed by atoms with Crippen LogP contribution in [0.1, 0.15) is 27.2 Å². The molecule has 0 spiro atoms. The van der Waals surface area contributed by atoms with Crippen molar-refractivity contribution in [1.82, 2.24) is 4.90 Å². The molecule has 1 atom stereocenters. The topological polar surface area (TPSA) is 89.2 Å². The maximum atomic E-state index is 12.1. The van der Waals surface area contributed by atoms with Gasteiger partial charge >= 0.3 is 6.09 Å². The van der Waals surface area contributed by atoms with Gasteiger partial charge in [-0.1, -0.05) is 0 Å². The second-order valence-corrected chi connectivity index (χ2v) is 7.16. The zero-order valence-corrected chi connectivity index (χ0v) is 18.2. The van der Waals surface area contributed by atoms with Crippen molar-refractivity contribution in [2.75, 3.05) is 32.1 Å². The van der Waals surface area contributed by atoms with Crippen molar-refractivity contribution in [2.24, 2.45) is 16.6 Å². The molecular weight excluding hydrogens is 447 g/mol. The van der Waals surface area contributed by atoms with Gasteiger partial charge in [0.1, 0.15) is 11.4 Å². The molecule has 1 aromatic rings. The Morgan fingerprint density at radius 2 is 2.00 bits per heavy atom. The van der Waals surface area contributed by atoms with Crippen LogP contribution in [-0.4, -0.2) is 49.3 Å². The summed E-state index contributed by atoms with van der Waals surface area (Å²) in [5, 5.41) is 3.05. The van der Waals surface area contributed by atoms with E-state index in [1.807, 2.05) is 45.0 Å². The molecule has 0 aliphatic carbocycles. The Labute approximate surface area is 172 Å². The Balaban J connectivity index is 0.00000338. The lowest BCUT2D eigenvalue weighted by Crippen LogP contribution is -2.35. The number of carbonyl (C=O) groups is 1. The van der Waals surface area contributed by atoms with E-state index in [2.05, 4.69) is 10.3 Å². The third-order valence-corrected chi connectivity index (χ3v) is 3.82. The van der Waals surface area contributed by atoms with Crippen molar-refractivity contribution < 1.29 is 14.3 Å². The van der Waals surface area contributed by atoms with Crippen LogP contribution in [0.5, 0.6) is 5.75 Å². The maximum Gasteiger partial charge on any atom is 0.410 e. The first-order valence-corrected chi connectivity index (χ1v) is 8.46. The second kappa shape index (κ2) is 9.84. The van der Waals surface area contributed by atoms with Crippen LogP contribution in [0.3, 0.4) is 0 Å². The van der Waals surface area contributed by atoms with Crippen LogP contribution >= 0.6 is 24.0 Å². The predicted octanol–water partition coefficient (Wildman–Crippen LogP) is 3.30. The molecule has 1 aliphatic heterocycles. The number of rotatable bonds is 4. The number of guanidine groups is 1. The first-order chi connectivity index (χ1) is 11.8. The van der Waals surface area contributed by atoms with Crippen LogP contribution in [0.25, 0.3) is 0 Å². The predicted molar refractivity (Wildman–Crippen MR) is 114 cm³/mol. The van der Waals surface area contributed by atoms with Crippen molar-refractivity contribution >= 4 is 41.7 Å². The molecule has 1 amide bonds. The monoisotopic (exact) mass is 476 g/mol. The summed E-state index contributed by atoms with van der Waals surface area (Å²) in [7, 11) is 1.63. The second-order valence-electron chi connectivity index (χ2n) is 7.16. The number of carbonyl (C=O) groups excluding carboxylic acids is 1. The number of amides is 1. The lowest BCUT2D eigenvalue weighted by molar-refractivity contribution is 0.0289. The van der Waals surface area contributed by atoms with Gasteiger partial charge in [-0.2, -0.15) is 0 Å². The van der Waals surface area contributed by atoms with E-state index in [9.17, 15) is 4.79 Å². The Hall–Kier alpha value is -1.71. The molecule has 146 valence electrons. The van der Waals surface area contributed by atoms with E-state index in [1.165, 1.54) is 0 Å². The van der Waals surface area contributed by atoms with E-state index < -0.39 is 5.60 Å². The SMILES string of the molecule is COc1ccc(NC(N)=NCC2CCN(C(=O)OC(C)(C)C)C2)cc1.I. The average molecular weight is 476 g/mol. The van der Waals surface area contributed by atoms with Crippen LogP contribution in [-0.2, 0) is 4.74 Å². The molecule has 1 aliphatic rings. The quantitative estimate of drug-likeness (QED) is 0.396. The number of nitrogens with two attached hydrogens (primary N) is 1. The Morgan fingerprint density at radius 3 is 2.58 bits per heavy atom. The van der Waals surface area contributed by atoms with Crippen LogP contribution in [0.15, 0.2) is 29.3 Å². The minimum Gasteiger partial charge on any atom is -0.497 e. The molecule has 3 N–H and O–H groups in total. The van der Waals surface area contributed by atoms with E-state index in [4.69, 9.17) is 15.2 Å².